The first-order chi connectivity index (χ1) is 12.5. The summed E-state index contributed by atoms with van der Waals surface area (Å²) in [6.45, 7) is 1.84. The Labute approximate surface area is 156 Å². The van der Waals surface area contributed by atoms with Gasteiger partial charge in [0.25, 0.3) is 5.91 Å². The maximum absolute atomic E-state index is 13.7. The van der Waals surface area contributed by atoms with Crippen LogP contribution in [0.2, 0.25) is 0 Å². The molecule has 0 spiro atoms. The Hall–Kier alpha value is -2.80. The number of halogens is 1. The van der Waals surface area contributed by atoms with Gasteiger partial charge < -0.3 is 10.6 Å². The quantitative estimate of drug-likeness (QED) is 0.718. The molecule has 0 unspecified atom stereocenters. The van der Waals surface area contributed by atoms with Crippen molar-refractivity contribution in [3.05, 3.63) is 59.4 Å². The lowest BCUT2D eigenvalue weighted by molar-refractivity contribution is -0.117. The van der Waals surface area contributed by atoms with E-state index in [-0.39, 0.29) is 22.5 Å². The highest BCUT2D eigenvalue weighted by atomic mass is 32.1. The molecule has 3 rings (SSSR count). The molecule has 0 bridgehead atoms. The number of anilines is 2. The minimum absolute atomic E-state index is 0.0145. The minimum atomic E-state index is -0.628. The molecule has 7 heteroatoms. The van der Waals surface area contributed by atoms with E-state index in [0.29, 0.717) is 11.4 Å². The Morgan fingerprint density at radius 2 is 1.69 bits per heavy atom. The van der Waals surface area contributed by atoms with Gasteiger partial charge >= 0.3 is 0 Å². The minimum Gasteiger partial charge on any atom is -0.332 e. The molecule has 1 fully saturated rings. The number of carbonyl (C=O) groups is 2. The molecule has 2 aromatic rings. The van der Waals surface area contributed by atoms with Gasteiger partial charge in [0.15, 0.2) is 5.11 Å². The van der Waals surface area contributed by atoms with Crippen LogP contribution in [0.4, 0.5) is 15.8 Å². The summed E-state index contributed by atoms with van der Waals surface area (Å²) in [5.74, 6) is -1.13. The smallest absolute Gasteiger partial charge is 0.260 e. The lowest BCUT2D eigenvalue weighted by Crippen LogP contribution is -2.34. The van der Waals surface area contributed by atoms with E-state index in [1.807, 2.05) is 13.0 Å². The largest absolute Gasteiger partial charge is 0.332 e. The fourth-order valence-electron chi connectivity index (χ4n) is 2.46. The van der Waals surface area contributed by atoms with Crippen molar-refractivity contribution < 1.29 is 14.0 Å². The van der Waals surface area contributed by atoms with Crippen LogP contribution in [-0.4, -0.2) is 16.9 Å². The molecule has 0 saturated heterocycles. The zero-order chi connectivity index (χ0) is 18.7. The van der Waals surface area contributed by atoms with Crippen molar-refractivity contribution in [3.8, 4) is 0 Å². The van der Waals surface area contributed by atoms with Crippen LogP contribution >= 0.6 is 12.2 Å². The molecule has 0 radical (unpaired) electrons. The van der Waals surface area contributed by atoms with E-state index in [1.165, 1.54) is 18.2 Å². The molecule has 0 aromatic heterocycles. The standard InChI is InChI=1S/C19H18FN3O2S/c1-11-15(21-17(24)12-9-10-12)7-4-8-16(11)22-19(26)23-18(25)13-5-2-3-6-14(13)20/h2-8,12H,9-10H2,1H3,(H,21,24)(H2,22,23,25,26). The maximum atomic E-state index is 13.7. The van der Waals surface area contributed by atoms with Crippen molar-refractivity contribution >= 4 is 40.5 Å². The zero-order valence-corrected chi connectivity index (χ0v) is 15.0. The van der Waals surface area contributed by atoms with E-state index in [0.717, 1.165) is 18.4 Å². The van der Waals surface area contributed by atoms with Crippen LogP contribution in [0.25, 0.3) is 0 Å². The Morgan fingerprint density at radius 3 is 2.35 bits per heavy atom. The van der Waals surface area contributed by atoms with Crippen molar-refractivity contribution in [2.75, 3.05) is 10.6 Å². The summed E-state index contributed by atoms with van der Waals surface area (Å²) in [5.41, 5.74) is 2.05. The Morgan fingerprint density at radius 1 is 1.04 bits per heavy atom. The first-order valence-electron chi connectivity index (χ1n) is 8.23. The van der Waals surface area contributed by atoms with Gasteiger partial charge in [-0.3, -0.25) is 14.9 Å². The number of hydrogen-bond donors (Lipinski definition) is 3. The maximum Gasteiger partial charge on any atom is 0.260 e. The third kappa shape index (κ3) is 4.23. The van der Waals surface area contributed by atoms with Gasteiger partial charge in [-0.05, 0) is 61.8 Å². The molecule has 1 aliphatic carbocycles. The predicted octanol–water partition coefficient (Wildman–Crippen LogP) is 3.61. The van der Waals surface area contributed by atoms with E-state index >= 15 is 0 Å². The first kappa shape index (κ1) is 18.0. The van der Waals surface area contributed by atoms with Crippen LogP contribution in [-0.2, 0) is 4.79 Å². The van der Waals surface area contributed by atoms with E-state index in [1.54, 1.807) is 18.2 Å². The fraction of sp³-hybridized carbons (Fsp3) is 0.211. The number of benzene rings is 2. The first-order valence-corrected chi connectivity index (χ1v) is 8.64. The average molecular weight is 371 g/mol. The molecule has 1 saturated carbocycles. The highest BCUT2D eigenvalue weighted by molar-refractivity contribution is 7.80. The molecule has 0 atom stereocenters. The molecule has 5 nitrogen and oxygen atoms in total. The topological polar surface area (TPSA) is 70.2 Å². The van der Waals surface area contributed by atoms with E-state index in [9.17, 15) is 14.0 Å². The Balaban J connectivity index is 1.66. The van der Waals surface area contributed by atoms with Crippen LogP contribution in [0.1, 0.15) is 28.8 Å². The van der Waals surface area contributed by atoms with Gasteiger partial charge in [-0.15, -0.1) is 0 Å². The summed E-state index contributed by atoms with van der Waals surface area (Å²) in [4.78, 5) is 24.1. The summed E-state index contributed by atoms with van der Waals surface area (Å²) < 4.78 is 13.7. The summed E-state index contributed by atoms with van der Waals surface area (Å²) in [7, 11) is 0. The summed E-state index contributed by atoms with van der Waals surface area (Å²) >= 11 is 5.14. The summed E-state index contributed by atoms with van der Waals surface area (Å²) in [6.07, 6.45) is 1.85. The van der Waals surface area contributed by atoms with Crippen molar-refractivity contribution in [2.45, 2.75) is 19.8 Å². The van der Waals surface area contributed by atoms with E-state index in [2.05, 4.69) is 16.0 Å². The van der Waals surface area contributed by atoms with Crippen LogP contribution in [0.15, 0.2) is 42.5 Å². The van der Waals surface area contributed by atoms with Crippen molar-refractivity contribution in [3.63, 3.8) is 0 Å². The molecule has 3 N–H and O–H groups in total. The summed E-state index contributed by atoms with van der Waals surface area (Å²) in [6, 6.07) is 11.0. The molecule has 2 aromatic carbocycles. The Kier molecular flexibility index (Phi) is 5.27. The van der Waals surface area contributed by atoms with Gasteiger partial charge in [0.05, 0.1) is 5.56 Å². The fourth-order valence-corrected chi connectivity index (χ4v) is 2.66. The molecule has 134 valence electrons. The zero-order valence-electron chi connectivity index (χ0n) is 14.1. The van der Waals surface area contributed by atoms with Crippen LogP contribution in [0.3, 0.4) is 0 Å². The van der Waals surface area contributed by atoms with Crippen molar-refractivity contribution in [1.82, 2.24) is 5.32 Å². The molecule has 0 heterocycles. The lowest BCUT2D eigenvalue weighted by atomic mass is 10.1. The average Bonchev–Trinajstić information content (AvgIpc) is 3.43. The summed E-state index contributed by atoms with van der Waals surface area (Å²) in [5, 5.41) is 8.32. The third-order valence-electron chi connectivity index (χ3n) is 4.13. The number of carbonyl (C=O) groups excluding carboxylic acids is 2. The molecule has 0 aliphatic heterocycles. The Bertz CT molecular complexity index is 881. The monoisotopic (exact) mass is 371 g/mol. The van der Waals surface area contributed by atoms with Crippen LogP contribution < -0.4 is 16.0 Å². The van der Waals surface area contributed by atoms with Gasteiger partial charge in [-0.1, -0.05) is 18.2 Å². The molecule has 2 amide bonds. The van der Waals surface area contributed by atoms with Gasteiger partial charge in [-0.2, -0.15) is 0 Å². The lowest BCUT2D eigenvalue weighted by Gasteiger charge is -2.15. The SMILES string of the molecule is Cc1c(NC(=O)C2CC2)cccc1NC(=S)NC(=O)c1ccccc1F. The van der Waals surface area contributed by atoms with Crippen molar-refractivity contribution in [2.24, 2.45) is 5.92 Å². The molecule has 26 heavy (non-hydrogen) atoms. The number of nitrogens with one attached hydrogen (secondary N) is 3. The van der Waals surface area contributed by atoms with Crippen LogP contribution in [0.5, 0.6) is 0 Å². The van der Waals surface area contributed by atoms with E-state index < -0.39 is 11.7 Å². The molecular formula is C19H18FN3O2S. The predicted molar refractivity (Wildman–Crippen MR) is 103 cm³/mol. The third-order valence-corrected chi connectivity index (χ3v) is 4.34. The normalized spacial score (nSPS) is 13.0. The highest BCUT2D eigenvalue weighted by Gasteiger charge is 2.29. The highest BCUT2D eigenvalue weighted by Crippen LogP contribution is 2.31. The second-order valence-corrected chi connectivity index (χ2v) is 6.54. The van der Waals surface area contributed by atoms with Crippen molar-refractivity contribution in [1.29, 1.82) is 0 Å². The van der Waals surface area contributed by atoms with Gasteiger partial charge in [0.1, 0.15) is 5.82 Å². The number of thiocarbonyl (C=S) groups is 1. The van der Waals surface area contributed by atoms with Gasteiger partial charge in [-0.25, -0.2) is 4.39 Å². The second kappa shape index (κ2) is 7.61. The van der Waals surface area contributed by atoms with Crippen LogP contribution in [0, 0.1) is 18.7 Å². The number of rotatable bonds is 4. The van der Waals surface area contributed by atoms with E-state index in [4.69, 9.17) is 12.2 Å². The molecular weight excluding hydrogens is 353 g/mol. The van der Waals surface area contributed by atoms with Gasteiger partial charge in [0.2, 0.25) is 5.91 Å². The second-order valence-electron chi connectivity index (χ2n) is 6.13. The number of hydrogen-bond acceptors (Lipinski definition) is 3. The van der Waals surface area contributed by atoms with Gasteiger partial charge in [0, 0.05) is 17.3 Å². The molecule has 1 aliphatic rings. The number of amides is 2.